The molecule has 4 heteroatoms. The summed E-state index contributed by atoms with van der Waals surface area (Å²) >= 11 is 0. The van der Waals surface area contributed by atoms with Crippen LogP contribution in [0.15, 0.2) is 0 Å². The highest BCUT2D eigenvalue weighted by Crippen LogP contribution is 2.35. The summed E-state index contributed by atoms with van der Waals surface area (Å²) in [6.07, 6.45) is 2.94. The second-order valence-corrected chi connectivity index (χ2v) is 7.12. The molecule has 1 fully saturated rings. The molecule has 4 unspecified atom stereocenters. The van der Waals surface area contributed by atoms with Crippen LogP contribution in [0.2, 0.25) is 0 Å². The molecule has 1 N–H and O–H groups in total. The minimum Gasteiger partial charge on any atom is -0.316 e. The van der Waals surface area contributed by atoms with Gasteiger partial charge in [-0.1, -0.05) is 47.5 Å². The Balaban J connectivity index is 0.000000409. The number of alkyl halides is 3. The number of nitrogens with one attached hydrogen (secondary N) is 1. The Bertz CT molecular complexity index is 290. The van der Waals surface area contributed by atoms with Crippen molar-refractivity contribution in [3.05, 3.63) is 0 Å². The van der Waals surface area contributed by atoms with Crippen LogP contribution in [0.3, 0.4) is 0 Å². The Hall–Kier alpha value is -0.250. The maximum absolute atomic E-state index is 14.1. The zero-order valence-electron chi connectivity index (χ0n) is 15.3. The average Bonchev–Trinajstić information content (AvgIpc) is 2.45. The fourth-order valence-electron chi connectivity index (χ4n) is 2.81. The van der Waals surface area contributed by atoms with Crippen LogP contribution >= 0.6 is 0 Å². The number of piperidine rings is 1. The molecule has 0 amide bonds. The topological polar surface area (TPSA) is 12.0 Å². The van der Waals surface area contributed by atoms with Gasteiger partial charge in [0.1, 0.15) is 5.67 Å². The zero-order valence-corrected chi connectivity index (χ0v) is 15.3. The predicted octanol–water partition coefficient (Wildman–Crippen LogP) is 5.84. The molecule has 1 saturated heterocycles. The van der Waals surface area contributed by atoms with Crippen molar-refractivity contribution in [1.29, 1.82) is 0 Å². The fourth-order valence-corrected chi connectivity index (χ4v) is 2.81. The van der Waals surface area contributed by atoms with E-state index >= 15 is 0 Å². The number of halogens is 3. The Kier molecular flexibility index (Phi) is 9.68. The first-order valence-corrected chi connectivity index (χ1v) is 8.88. The van der Waals surface area contributed by atoms with Crippen molar-refractivity contribution in [2.75, 3.05) is 13.1 Å². The van der Waals surface area contributed by atoms with Crippen molar-refractivity contribution in [3.63, 3.8) is 0 Å². The minimum atomic E-state index is -2.44. The molecule has 1 aliphatic heterocycles. The van der Waals surface area contributed by atoms with Crippen molar-refractivity contribution in [1.82, 2.24) is 5.32 Å². The van der Waals surface area contributed by atoms with Crippen LogP contribution < -0.4 is 5.32 Å². The van der Waals surface area contributed by atoms with E-state index in [0.717, 1.165) is 32.4 Å². The molecule has 0 aromatic heterocycles. The van der Waals surface area contributed by atoms with Gasteiger partial charge in [0, 0.05) is 37.8 Å². The number of rotatable bonds is 6. The Morgan fingerprint density at radius 1 is 1.23 bits per heavy atom. The molecule has 1 rings (SSSR count). The van der Waals surface area contributed by atoms with E-state index in [1.54, 1.807) is 6.92 Å². The largest absolute Gasteiger partial charge is 0.316 e. The van der Waals surface area contributed by atoms with Gasteiger partial charge in [-0.15, -0.1) is 0 Å². The molecular weight excluding hydrogens is 287 g/mol. The van der Waals surface area contributed by atoms with E-state index in [0.29, 0.717) is 0 Å². The van der Waals surface area contributed by atoms with Gasteiger partial charge < -0.3 is 5.32 Å². The summed E-state index contributed by atoms with van der Waals surface area (Å²) < 4.78 is 39.3. The Morgan fingerprint density at radius 3 is 2.27 bits per heavy atom. The van der Waals surface area contributed by atoms with Crippen LogP contribution in [0.4, 0.5) is 13.2 Å². The van der Waals surface area contributed by atoms with Gasteiger partial charge in [-0.25, -0.2) is 13.2 Å². The van der Waals surface area contributed by atoms with Crippen LogP contribution in [0.5, 0.6) is 0 Å². The number of hydrogen-bond donors (Lipinski definition) is 1. The van der Waals surface area contributed by atoms with Crippen LogP contribution in [0, 0.1) is 17.8 Å². The second-order valence-electron chi connectivity index (χ2n) is 7.12. The first-order chi connectivity index (χ1) is 10.1. The van der Waals surface area contributed by atoms with Gasteiger partial charge in [0.15, 0.2) is 0 Å². The van der Waals surface area contributed by atoms with E-state index < -0.39 is 11.6 Å². The van der Waals surface area contributed by atoms with Gasteiger partial charge in [-0.3, -0.25) is 0 Å². The van der Waals surface area contributed by atoms with Crippen molar-refractivity contribution < 1.29 is 13.2 Å². The summed E-state index contributed by atoms with van der Waals surface area (Å²) in [6.45, 7) is 12.9. The molecule has 0 aromatic carbocycles. The fraction of sp³-hybridized carbons (Fsp3) is 1.00. The normalized spacial score (nSPS) is 30.4. The van der Waals surface area contributed by atoms with Gasteiger partial charge in [0.25, 0.3) is 0 Å². The summed E-state index contributed by atoms with van der Waals surface area (Å²) in [5.41, 5.74) is -0.957. The highest BCUT2D eigenvalue weighted by Gasteiger charge is 2.41. The summed E-state index contributed by atoms with van der Waals surface area (Å²) in [6, 6.07) is 0. The molecule has 0 aromatic rings. The lowest BCUT2D eigenvalue weighted by atomic mass is 9.76. The van der Waals surface area contributed by atoms with Crippen molar-refractivity contribution in [2.24, 2.45) is 17.8 Å². The van der Waals surface area contributed by atoms with E-state index in [1.807, 2.05) is 20.8 Å². The molecule has 0 radical (unpaired) electrons. The van der Waals surface area contributed by atoms with E-state index in [1.165, 1.54) is 6.92 Å². The summed E-state index contributed by atoms with van der Waals surface area (Å²) in [5.74, 6) is -1.92. The SMILES string of the molecule is CCC(C)CC(F)(F)CC.CCCC1CNCC(C)C1(C)F. The van der Waals surface area contributed by atoms with Crippen molar-refractivity contribution in [2.45, 2.75) is 85.2 Å². The molecule has 134 valence electrons. The molecule has 0 aliphatic carbocycles. The van der Waals surface area contributed by atoms with Gasteiger partial charge >= 0.3 is 0 Å². The molecule has 0 spiro atoms. The molecule has 1 heterocycles. The van der Waals surface area contributed by atoms with Gasteiger partial charge in [0.2, 0.25) is 5.92 Å². The highest BCUT2D eigenvalue weighted by atomic mass is 19.3. The predicted molar refractivity (Wildman–Crippen MR) is 89.3 cm³/mol. The van der Waals surface area contributed by atoms with Gasteiger partial charge in [-0.05, 0) is 19.3 Å². The first kappa shape index (κ1) is 21.8. The number of hydrogen-bond acceptors (Lipinski definition) is 1. The lowest BCUT2D eigenvalue weighted by Crippen LogP contribution is -2.51. The summed E-state index contributed by atoms with van der Waals surface area (Å²) in [7, 11) is 0. The third-order valence-electron chi connectivity index (χ3n) is 5.10. The second kappa shape index (κ2) is 9.79. The molecule has 0 bridgehead atoms. The third-order valence-corrected chi connectivity index (χ3v) is 5.10. The van der Waals surface area contributed by atoms with Crippen molar-refractivity contribution >= 4 is 0 Å². The van der Waals surface area contributed by atoms with Gasteiger partial charge in [-0.2, -0.15) is 0 Å². The molecule has 1 nitrogen and oxygen atoms in total. The van der Waals surface area contributed by atoms with Crippen LogP contribution in [0.25, 0.3) is 0 Å². The van der Waals surface area contributed by atoms with E-state index in [9.17, 15) is 13.2 Å². The van der Waals surface area contributed by atoms with Gasteiger partial charge in [0.05, 0.1) is 0 Å². The van der Waals surface area contributed by atoms with E-state index in [4.69, 9.17) is 0 Å². The lowest BCUT2D eigenvalue weighted by molar-refractivity contribution is -0.0248. The monoisotopic (exact) mass is 323 g/mol. The van der Waals surface area contributed by atoms with E-state index in [2.05, 4.69) is 12.2 Å². The molecule has 1 aliphatic rings. The summed E-state index contributed by atoms with van der Waals surface area (Å²) in [5, 5.41) is 3.29. The molecule has 0 saturated carbocycles. The zero-order chi connectivity index (χ0) is 17.4. The molecule has 22 heavy (non-hydrogen) atoms. The quantitative estimate of drug-likeness (QED) is 0.647. The lowest BCUT2D eigenvalue weighted by Gasteiger charge is -2.40. The first-order valence-electron chi connectivity index (χ1n) is 8.88. The molecular formula is C18H36F3N. The maximum atomic E-state index is 14.1. The summed E-state index contributed by atoms with van der Waals surface area (Å²) in [4.78, 5) is 0. The minimum absolute atomic E-state index is 0.0304. The highest BCUT2D eigenvalue weighted by molar-refractivity contribution is 4.93. The van der Waals surface area contributed by atoms with Crippen molar-refractivity contribution in [3.8, 4) is 0 Å². The smallest absolute Gasteiger partial charge is 0.248 e. The Labute approximate surface area is 135 Å². The van der Waals surface area contributed by atoms with Crippen LogP contribution in [-0.2, 0) is 0 Å². The van der Waals surface area contributed by atoms with Crippen LogP contribution in [-0.4, -0.2) is 24.7 Å². The standard InChI is InChI=1S/C10H20FN.C8H16F2/c1-4-5-9-7-12-6-8(2)10(9,3)11;1-4-7(3)6-8(9,10)5-2/h8-9,12H,4-7H2,1-3H3;7H,4-6H2,1-3H3. The molecule has 4 atom stereocenters. The Morgan fingerprint density at radius 2 is 1.82 bits per heavy atom. The average molecular weight is 323 g/mol. The third kappa shape index (κ3) is 7.34. The maximum Gasteiger partial charge on any atom is 0.248 e. The van der Waals surface area contributed by atoms with E-state index in [-0.39, 0.29) is 30.6 Å². The van der Waals surface area contributed by atoms with Crippen LogP contribution in [0.1, 0.15) is 73.6 Å².